The lowest BCUT2D eigenvalue weighted by Gasteiger charge is -2.05. The van der Waals surface area contributed by atoms with E-state index in [4.69, 9.17) is 4.74 Å². The Morgan fingerprint density at radius 2 is 2.04 bits per heavy atom. The van der Waals surface area contributed by atoms with Gasteiger partial charge >= 0.3 is 0 Å². The second-order valence-corrected chi connectivity index (χ2v) is 5.07. The maximum Gasteiger partial charge on any atom is 0.274 e. The van der Waals surface area contributed by atoms with Crippen molar-refractivity contribution in [3.05, 3.63) is 53.9 Å². The minimum atomic E-state index is -0.605. The van der Waals surface area contributed by atoms with E-state index in [1.165, 1.54) is 12.3 Å². The molecule has 25 heavy (non-hydrogen) atoms. The van der Waals surface area contributed by atoms with Gasteiger partial charge in [-0.3, -0.25) is 9.59 Å². The number of nitrogens with one attached hydrogen (secondary N) is 1. The Morgan fingerprint density at radius 1 is 1.28 bits per heavy atom. The van der Waals surface area contributed by atoms with Crippen LogP contribution in [0.2, 0.25) is 0 Å². The summed E-state index contributed by atoms with van der Waals surface area (Å²) in [5, 5.41) is 12.3. The molecule has 0 aliphatic carbocycles. The molecule has 1 amide bonds. The molecule has 128 valence electrons. The molecule has 0 atom stereocenters. The van der Waals surface area contributed by atoms with E-state index in [0.717, 1.165) is 0 Å². The summed E-state index contributed by atoms with van der Waals surface area (Å²) in [5.74, 6) is 5.31. The second kappa shape index (κ2) is 9.08. The van der Waals surface area contributed by atoms with E-state index >= 15 is 0 Å². The van der Waals surface area contributed by atoms with Gasteiger partial charge in [0.05, 0.1) is 6.54 Å². The number of amides is 1. The monoisotopic (exact) mass is 338 g/mol. The van der Waals surface area contributed by atoms with E-state index < -0.39 is 5.91 Å². The van der Waals surface area contributed by atoms with Gasteiger partial charge in [0.15, 0.2) is 11.5 Å². The van der Waals surface area contributed by atoms with Crippen LogP contribution >= 0.6 is 0 Å². The number of aromatic nitrogens is 1. The molecular weight excluding hydrogens is 320 g/mol. The minimum absolute atomic E-state index is 0.0885. The van der Waals surface area contributed by atoms with Gasteiger partial charge in [-0.1, -0.05) is 37.0 Å². The molecule has 2 N–H and O–H groups in total. The van der Waals surface area contributed by atoms with Crippen LogP contribution in [0.4, 0.5) is 0 Å². The third-order valence-electron chi connectivity index (χ3n) is 3.21. The normalized spacial score (nSPS) is 9.64. The van der Waals surface area contributed by atoms with Gasteiger partial charge in [-0.15, -0.1) is 0 Å². The van der Waals surface area contributed by atoms with Crippen molar-refractivity contribution in [2.24, 2.45) is 0 Å². The van der Waals surface area contributed by atoms with Crippen LogP contribution in [-0.2, 0) is 4.79 Å². The van der Waals surface area contributed by atoms with E-state index in [0.29, 0.717) is 17.7 Å². The number of carbonyl (C=O) groups is 2. The highest BCUT2D eigenvalue weighted by Gasteiger charge is 2.13. The summed E-state index contributed by atoms with van der Waals surface area (Å²) in [6, 6.07) is 10.6. The molecule has 2 rings (SSSR count). The van der Waals surface area contributed by atoms with Crippen LogP contribution in [0.15, 0.2) is 42.6 Å². The van der Waals surface area contributed by atoms with Crippen molar-refractivity contribution in [3.8, 4) is 23.3 Å². The lowest BCUT2D eigenvalue weighted by atomic mass is 10.2. The molecule has 0 saturated carbocycles. The van der Waals surface area contributed by atoms with Gasteiger partial charge in [0.1, 0.15) is 18.1 Å². The Labute approximate surface area is 145 Å². The summed E-state index contributed by atoms with van der Waals surface area (Å²) >= 11 is 0. The fraction of sp³-hybridized carbons (Fsp3) is 0.211. The molecule has 0 fully saturated rings. The van der Waals surface area contributed by atoms with Crippen LogP contribution < -0.4 is 10.1 Å². The quantitative estimate of drug-likeness (QED) is 0.786. The number of hydrogen-bond donors (Lipinski definition) is 2. The Morgan fingerprint density at radius 3 is 2.72 bits per heavy atom. The third-order valence-corrected chi connectivity index (χ3v) is 3.21. The van der Waals surface area contributed by atoms with Crippen LogP contribution in [0, 0.1) is 11.8 Å². The number of nitrogens with zero attached hydrogens (tertiary/aromatic N) is 1. The molecule has 0 spiro atoms. The minimum Gasteiger partial charge on any atom is -0.505 e. The average Bonchev–Trinajstić information content (AvgIpc) is 2.64. The molecule has 6 nitrogen and oxygen atoms in total. The predicted octanol–water partition coefficient (Wildman–Crippen LogP) is 1.93. The number of hydrogen-bond acceptors (Lipinski definition) is 5. The summed E-state index contributed by atoms with van der Waals surface area (Å²) in [5.41, 5.74) is 0.310. The molecule has 1 aromatic heterocycles. The molecule has 2 aromatic rings. The number of ketones is 1. The van der Waals surface area contributed by atoms with Gasteiger partial charge in [0.25, 0.3) is 5.91 Å². The molecule has 1 heterocycles. The summed E-state index contributed by atoms with van der Waals surface area (Å²) < 4.78 is 5.43. The van der Waals surface area contributed by atoms with Crippen LogP contribution in [0.3, 0.4) is 0 Å². The first-order chi connectivity index (χ1) is 12.1. The molecule has 1 aromatic carbocycles. The van der Waals surface area contributed by atoms with Crippen molar-refractivity contribution < 1.29 is 19.4 Å². The van der Waals surface area contributed by atoms with Crippen LogP contribution in [0.25, 0.3) is 0 Å². The van der Waals surface area contributed by atoms with E-state index in [-0.39, 0.29) is 30.4 Å². The molecule has 0 aliphatic heterocycles. The largest absolute Gasteiger partial charge is 0.505 e. The molecule has 6 heteroatoms. The Balaban J connectivity index is 1.94. The van der Waals surface area contributed by atoms with Crippen LogP contribution in [0.1, 0.15) is 29.4 Å². The molecular formula is C19H18N2O4. The number of para-hydroxylation sites is 1. The Kier molecular flexibility index (Phi) is 6.55. The standard InChI is InChI=1S/C19H18N2O4/c1-2-15(22)13-21-19(24)18-17(23)11-14(12-20-18)7-6-10-25-16-8-4-3-5-9-16/h3-5,8-9,11-12,23H,2,10,13H2,1H3,(H,21,24). The number of pyridine rings is 1. The van der Waals surface area contributed by atoms with Gasteiger partial charge in [-0.25, -0.2) is 4.98 Å². The van der Waals surface area contributed by atoms with Crippen molar-refractivity contribution >= 4 is 11.7 Å². The SMILES string of the molecule is CCC(=O)CNC(=O)c1ncc(C#CCOc2ccccc2)cc1O. The van der Waals surface area contributed by atoms with Crippen molar-refractivity contribution in [1.82, 2.24) is 10.3 Å². The van der Waals surface area contributed by atoms with Gasteiger partial charge in [0.2, 0.25) is 0 Å². The van der Waals surface area contributed by atoms with Crippen molar-refractivity contribution in [3.63, 3.8) is 0 Å². The topological polar surface area (TPSA) is 88.5 Å². The first-order valence-electron chi connectivity index (χ1n) is 7.75. The zero-order valence-corrected chi connectivity index (χ0v) is 13.8. The Bertz CT molecular complexity index is 807. The van der Waals surface area contributed by atoms with Gasteiger partial charge < -0.3 is 15.2 Å². The van der Waals surface area contributed by atoms with E-state index in [1.54, 1.807) is 6.92 Å². The fourth-order valence-electron chi connectivity index (χ4n) is 1.86. The molecule has 0 aliphatic rings. The first kappa shape index (κ1) is 18.0. The lowest BCUT2D eigenvalue weighted by Crippen LogP contribution is -2.29. The summed E-state index contributed by atoms with van der Waals surface area (Å²) in [6.45, 7) is 1.81. The number of aromatic hydroxyl groups is 1. The number of rotatable bonds is 6. The van der Waals surface area contributed by atoms with E-state index in [9.17, 15) is 14.7 Å². The number of carbonyl (C=O) groups excluding carboxylic acids is 2. The van der Waals surface area contributed by atoms with Crippen molar-refractivity contribution in [1.29, 1.82) is 0 Å². The summed E-state index contributed by atoms with van der Waals surface area (Å²) in [6.07, 6.45) is 1.71. The number of ether oxygens (including phenoxy) is 1. The predicted molar refractivity (Wildman–Crippen MR) is 92.3 cm³/mol. The lowest BCUT2D eigenvalue weighted by molar-refractivity contribution is -0.117. The van der Waals surface area contributed by atoms with Crippen molar-refractivity contribution in [2.45, 2.75) is 13.3 Å². The molecule has 0 unspecified atom stereocenters. The van der Waals surface area contributed by atoms with Gasteiger partial charge in [0, 0.05) is 18.2 Å². The number of Topliss-reactive ketones (excluding diaryl/α,β-unsaturated/α-hetero) is 1. The molecule has 0 radical (unpaired) electrons. The highest BCUT2D eigenvalue weighted by Crippen LogP contribution is 2.15. The Hall–Kier alpha value is -3.33. The zero-order chi connectivity index (χ0) is 18.1. The molecule has 0 saturated heterocycles. The number of benzene rings is 1. The van der Waals surface area contributed by atoms with Gasteiger partial charge in [-0.05, 0) is 18.2 Å². The first-order valence-corrected chi connectivity index (χ1v) is 7.75. The van der Waals surface area contributed by atoms with E-state index in [2.05, 4.69) is 22.1 Å². The van der Waals surface area contributed by atoms with Gasteiger partial charge in [-0.2, -0.15) is 0 Å². The van der Waals surface area contributed by atoms with Crippen LogP contribution in [0.5, 0.6) is 11.5 Å². The maximum atomic E-state index is 11.9. The summed E-state index contributed by atoms with van der Waals surface area (Å²) in [4.78, 5) is 27.0. The smallest absolute Gasteiger partial charge is 0.274 e. The third kappa shape index (κ3) is 5.66. The second-order valence-electron chi connectivity index (χ2n) is 5.07. The highest BCUT2D eigenvalue weighted by atomic mass is 16.5. The average molecular weight is 338 g/mol. The van der Waals surface area contributed by atoms with E-state index in [1.807, 2.05) is 30.3 Å². The van der Waals surface area contributed by atoms with Crippen molar-refractivity contribution in [2.75, 3.05) is 13.2 Å². The highest BCUT2D eigenvalue weighted by molar-refractivity contribution is 5.97. The summed E-state index contributed by atoms with van der Waals surface area (Å²) in [7, 11) is 0. The fourth-order valence-corrected chi connectivity index (χ4v) is 1.86. The van der Waals surface area contributed by atoms with Crippen LogP contribution in [-0.4, -0.2) is 34.9 Å². The zero-order valence-electron chi connectivity index (χ0n) is 13.8. The maximum absolute atomic E-state index is 11.9. The molecule has 0 bridgehead atoms.